The first-order chi connectivity index (χ1) is 12.1. The van der Waals surface area contributed by atoms with E-state index in [0.717, 1.165) is 17.1 Å². The first-order valence-corrected chi connectivity index (χ1v) is 8.38. The molecule has 0 aliphatic rings. The van der Waals surface area contributed by atoms with Gasteiger partial charge in [-0.25, -0.2) is 5.43 Å². The van der Waals surface area contributed by atoms with Crippen molar-refractivity contribution < 1.29 is 14.3 Å². The van der Waals surface area contributed by atoms with E-state index in [2.05, 4.69) is 24.4 Å². The minimum absolute atomic E-state index is 0.277. The van der Waals surface area contributed by atoms with E-state index in [-0.39, 0.29) is 5.91 Å². The number of carbonyl (C=O) groups excluding carboxylic acids is 1. The number of para-hydroxylation sites is 1. The Hall–Kier alpha value is -2.82. The highest BCUT2D eigenvalue weighted by atomic mass is 16.5. The molecular formula is C20H24N2O3. The second-order valence-electron chi connectivity index (χ2n) is 5.90. The van der Waals surface area contributed by atoms with E-state index < -0.39 is 0 Å². The van der Waals surface area contributed by atoms with Gasteiger partial charge in [0.15, 0.2) is 0 Å². The third-order valence-electron chi connectivity index (χ3n) is 3.29. The van der Waals surface area contributed by atoms with Crippen LogP contribution in [0.25, 0.3) is 0 Å². The van der Waals surface area contributed by atoms with Gasteiger partial charge in [0.05, 0.1) is 19.4 Å². The van der Waals surface area contributed by atoms with Crippen LogP contribution >= 0.6 is 0 Å². The summed E-state index contributed by atoms with van der Waals surface area (Å²) in [5.41, 5.74) is 3.85. The smallest absolute Gasteiger partial charge is 0.271 e. The molecule has 2 aromatic rings. The molecule has 2 aromatic carbocycles. The van der Waals surface area contributed by atoms with Gasteiger partial charge in [0, 0.05) is 11.1 Å². The average molecular weight is 340 g/mol. The van der Waals surface area contributed by atoms with Gasteiger partial charge < -0.3 is 9.47 Å². The summed E-state index contributed by atoms with van der Waals surface area (Å²) in [5, 5.41) is 4.01. The molecule has 0 aromatic heterocycles. The maximum atomic E-state index is 12.1. The highest BCUT2D eigenvalue weighted by Crippen LogP contribution is 2.16. The Labute approximate surface area is 148 Å². The van der Waals surface area contributed by atoms with Crippen molar-refractivity contribution in [1.82, 2.24) is 5.43 Å². The van der Waals surface area contributed by atoms with Crippen LogP contribution in [0.4, 0.5) is 0 Å². The predicted octanol–water partition coefficient (Wildman–Crippen LogP) is 3.88. The average Bonchev–Trinajstić information content (AvgIpc) is 2.62. The van der Waals surface area contributed by atoms with Crippen LogP contribution in [0, 0.1) is 5.92 Å². The van der Waals surface area contributed by atoms with Crippen molar-refractivity contribution in [3.05, 3.63) is 59.7 Å². The molecule has 5 heteroatoms. The van der Waals surface area contributed by atoms with Crippen LogP contribution in [-0.4, -0.2) is 25.3 Å². The van der Waals surface area contributed by atoms with E-state index in [9.17, 15) is 4.79 Å². The Bertz CT molecular complexity index is 709. The fraction of sp³-hybridized carbons (Fsp3) is 0.300. The van der Waals surface area contributed by atoms with Crippen molar-refractivity contribution in [2.75, 3.05) is 13.2 Å². The SMILES string of the molecule is CCOc1ccccc1C=NNC(=O)c1ccc(OCC(C)C)cc1. The predicted molar refractivity (Wildman–Crippen MR) is 99.4 cm³/mol. The molecule has 0 saturated carbocycles. The van der Waals surface area contributed by atoms with Gasteiger partial charge in [0.25, 0.3) is 5.91 Å². The molecule has 132 valence electrons. The summed E-state index contributed by atoms with van der Waals surface area (Å²) in [6.07, 6.45) is 1.57. The van der Waals surface area contributed by atoms with Gasteiger partial charge in [-0.15, -0.1) is 0 Å². The van der Waals surface area contributed by atoms with Crippen LogP contribution in [0.1, 0.15) is 36.7 Å². The summed E-state index contributed by atoms with van der Waals surface area (Å²) in [6, 6.07) is 14.5. The lowest BCUT2D eigenvalue weighted by atomic mass is 10.2. The van der Waals surface area contributed by atoms with Gasteiger partial charge in [0.2, 0.25) is 0 Å². The Morgan fingerprint density at radius 1 is 1.12 bits per heavy atom. The lowest BCUT2D eigenvalue weighted by Crippen LogP contribution is -2.17. The summed E-state index contributed by atoms with van der Waals surface area (Å²) < 4.78 is 11.1. The fourth-order valence-electron chi connectivity index (χ4n) is 2.06. The summed E-state index contributed by atoms with van der Waals surface area (Å²) in [6.45, 7) is 7.31. The van der Waals surface area contributed by atoms with E-state index in [1.54, 1.807) is 30.5 Å². The normalized spacial score (nSPS) is 10.9. The Morgan fingerprint density at radius 2 is 1.84 bits per heavy atom. The molecule has 25 heavy (non-hydrogen) atoms. The van der Waals surface area contributed by atoms with Gasteiger partial charge in [-0.3, -0.25) is 4.79 Å². The molecule has 0 radical (unpaired) electrons. The van der Waals surface area contributed by atoms with Gasteiger partial charge in [-0.05, 0) is 49.2 Å². The lowest BCUT2D eigenvalue weighted by Gasteiger charge is -2.09. The molecular weight excluding hydrogens is 316 g/mol. The zero-order chi connectivity index (χ0) is 18.1. The molecule has 0 heterocycles. The number of hydrazone groups is 1. The van der Waals surface area contributed by atoms with Gasteiger partial charge in [0.1, 0.15) is 11.5 Å². The highest BCUT2D eigenvalue weighted by molar-refractivity contribution is 5.95. The molecule has 0 saturated heterocycles. The van der Waals surface area contributed by atoms with E-state index in [4.69, 9.17) is 9.47 Å². The van der Waals surface area contributed by atoms with Crippen LogP contribution < -0.4 is 14.9 Å². The number of ether oxygens (including phenoxy) is 2. The zero-order valence-electron chi connectivity index (χ0n) is 14.9. The lowest BCUT2D eigenvalue weighted by molar-refractivity contribution is 0.0955. The van der Waals surface area contributed by atoms with E-state index >= 15 is 0 Å². The third kappa shape index (κ3) is 5.95. The summed E-state index contributed by atoms with van der Waals surface area (Å²) in [4.78, 5) is 12.1. The van der Waals surface area contributed by atoms with Gasteiger partial charge in [-0.1, -0.05) is 26.0 Å². The quantitative estimate of drug-likeness (QED) is 0.586. The summed E-state index contributed by atoms with van der Waals surface area (Å²) in [5.74, 6) is 1.66. The summed E-state index contributed by atoms with van der Waals surface area (Å²) in [7, 11) is 0. The number of amides is 1. The monoisotopic (exact) mass is 340 g/mol. The summed E-state index contributed by atoms with van der Waals surface area (Å²) >= 11 is 0. The molecule has 0 atom stereocenters. The largest absolute Gasteiger partial charge is 0.493 e. The van der Waals surface area contributed by atoms with Crippen LogP contribution in [0.15, 0.2) is 53.6 Å². The number of hydrogen-bond donors (Lipinski definition) is 1. The maximum Gasteiger partial charge on any atom is 0.271 e. The van der Waals surface area contributed by atoms with E-state index in [0.29, 0.717) is 24.7 Å². The maximum absolute atomic E-state index is 12.1. The standard InChI is InChI=1S/C20H24N2O3/c1-4-24-19-8-6-5-7-17(19)13-21-22-20(23)16-9-11-18(12-10-16)25-14-15(2)3/h5-13,15H,4,14H2,1-3H3,(H,22,23). The molecule has 2 rings (SSSR count). The van der Waals surface area contributed by atoms with Gasteiger partial charge in [-0.2, -0.15) is 5.10 Å². The molecule has 0 unspecified atom stereocenters. The highest BCUT2D eigenvalue weighted by Gasteiger charge is 2.05. The minimum Gasteiger partial charge on any atom is -0.493 e. The number of rotatable bonds is 8. The fourth-order valence-corrected chi connectivity index (χ4v) is 2.06. The number of nitrogens with zero attached hydrogens (tertiary/aromatic N) is 1. The second kappa shape index (κ2) is 9.47. The molecule has 5 nitrogen and oxygen atoms in total. The molecule has 0 fully saturated rings. The number of benzene rings is 2. The van der Waals surface area contributed by atoms with Crippen LogP contribution in [0.5, 0.6) is 11.5 Å². The van der Waals surface area contributed by atoms with Crippen molar-refractivity contribution in [1.29, 1.82) is 0 Å². The first kappa shape index (κ1) is 18.5. The van der Waals surface area contributed by atoms with Crippen LogP contribution in [0.2, 0.25) is 0 Å². The molecule has 0 bridgehead atoms. The van der Waals surface area contributed by atoms with Crippen LogP contribution in [-0.2, 0) is 0 Å². The van der Waals surface area contributed by atoms with Crippen molar-refractivity contribution in [3.63, 3.8) is 0 Å². The molecule has 1 amide bonds. The second-order valence-corrected chi connectivity index (χ2v) is 5.90. The number of hydrogen-bond acceptors (Lipinski definition) is 4. The minimum atomic E-state index is -0.277. The number of carbonyl (C=O) groups is 1. The van der Waals surface area contributed by atoms with Crippen molar-refractivity contribution >= 4 is 12.1 Å². The Morgan fingerprint density at radius 3 is 2.52 bits per heavy atom. The Kier molecular flexibility index (Phi) is 7.01. The van der Waals surface area contributed by atoms with Gasteiger partial charge >= 0.3 is 0 Å². The molecule has 0 aliphatic carbocycles. The third-order valence-corrected chi connectivity index (χ3v) is 3.29. The zero-order valence-corrected chi connectivity index (χ0v) is 14.9. The van der Waals surface area contributed by atoms with E-state index in [1.165, 1.54) is 0 Å². The van der Waals surface area contributed by atoms with Crippen molar-refractivity contribution in [2.45, 2.75) is 20.8 Å². The van der Waals surface area contributed by atoms with Crippen LogP contribution in [0.3, 0.4) is 0 Å². The van der Waals surface area contributed by atoms with Crippen molar-refractivity contribution in [2.24, 2.45) is 11.0 Å². The molecule has 1 N–H and O–H groups in total. The van der Waals surface area contributed by atoms with E-state index in [1.807, 2.05) is 31.2 Å². The molecule has 0 spiro atoms. The first-order valence-electron chi connectivity index (χ1n) is 8.38. The Balaban J connectivity index is 1.94. The number of nitrogens with one attached hydrogen (secondary N) is 1. The molecule has 0 aliphatic heterocycles. The topological polar surface area (TPSA) is 59.9 Å². The van der Waals surface area contributed by atoms with Crippen molar-refractivity contribution in [3.8, 4) is 11.5 Å².